The number of nitrogens with zero attached hydrogens (tertiary/aromatic N) is 1. The SMILES string of the molecule is C[C@@H]1CC(=O)[C@H](C)NC(=O)[C@@H]2CC(O)CN2C(=O)[C@@H](CS[C@@H]2Cc3ccccc3N2)NC(=O)[C@@H]([C@H](C)O)NC(=O)[C@H](C)NC(=O)[C@H](C[C@@](C)(O)CN)NC1=O. The van der Waals surface area contributed by atoms with E-state index in [9.17, 15) is 48.9 Å². The normalized spacial score (nSPS) is 32.0. The number of ketones is 1. The van der Waals surface area contributed by atoms with E-state index in [0.29, 0.717) is 6.42 Å². The number of rotatable bonds is 7. The number of amides is 6. The van der Waals surface area contributed by atoms with Gasteiger partial charge in [0.2, 0.25) is 35.4 Å². The van der Waals surface area contributed by atoms with Crippen molar-refractivity contribution < 1.29 is 48.9 Å². The summed E-state index contributed by atoms with van der Waals surface area (Å²) < 4.78 is 0. The molecule has 3 aliphatic heterocycles. The van der Waals surface area contributed by atoms with Crippen molar-refractivity contribution in [3.05, 3.63) is 29.8 Å². The number of carbonyl (C=O) groups is 7. The predicted octanol–water partition coefficient (Wildman–Crippen LogP) is -2.77. The van der Waals surface area contributed by atoms with Gasteiger partial charge in [-0.1, -0.05) is 25.1 Å². The van der Waals surface area contributed by atoms with Gasteiger partial charge in [0.05, 0.1) is 29.2 Å². The van der Waals surface area contributed by atoms with Gasteiger partial charge in [-0.25, -0.2) is 0 Å². The minimum atomic E-state index is -1.62. The third-order valence-corrected chi connectivity index (χ3v) is 11.2. The number of anilines is 1. The smallest absolute Gasteiger partial charge is 0.246 e. The van der Waals surface area contributed by atoms with Crippen LogP contribution in [0.25, 0.3) is 0 Å². The molecule has 0 aliphatic carbocycles. The summed E-state index contributed by atoms with van der Waals surface area (Å²) in [6.07, 6.45) is -2.82. The topological polar surface area (TPSA) is 282 Å². The van der Waals surface area contributed by atoms with Gasteiger partial charge in [-0.05, 0) is 39.3 Å². The Labute approximate surface area is 323 Å². The fourth-order valence-electron chi connectivity index (χ4n) is 6.59. The molecule has 3 aliphatic rings. The van der Waals surface area contributed by atoms with E-state index < -0.39 is 101 Å². The number of carbonyl (C=O) groups excluding carboxylic acids is 7. The zero-order chi connectivity index (χ0) is 40.8. The van der Waals surface area contributed by atoms with Crippen LogP contribution in [0.2, 0.25) is 0 Å². The van der Waals surface area contributed by atoms with Crippen LogP contribution < -0.4 is 37.6 Å². The summed E-state index contributed by atoms with van der Waals surface area (Å²) in [6.45, 7) is 6.25. The molecule has 2 saturated heterocycles. The van der Waals surface area contributed by atoms with Crippen LogP contribution in [0.5, 0.6) is 0 Å². The molecule has 2 fully saturated rings. The van der Waals surface area contributed by atoms with Crippen LogP contribution in [-0.2, 0) is 40.0 Å². The Kier molecular flexibility index (Phi) is 14.7. The highest BCUT2D eigenvalue weighted by atomic mass is 32.2. The summed E-state index contributed by atoms with van der Waals surface area (Å²) in [4.78, 5) is 96.1. The number of Topliss-reactive ketones (excluding diaryl/α,β-unsaturated/α-hetero) is 1. The number of aliphatic hydroxyl groups excluding tert-OH is 2. The summed E-state index contributed by atoms with van der Waals surface area (Å²) in [5.41, 5.74) is 6.04. The van der Waals surface area contributed by atoms with E-state index >= 15 is 0 Å². The second-order valence-corrected chi connectivity index (χ2v) is 16.2. The van der Waals surface area contributed by atoms with Crippen LogP contribution in [0.1, 0.15) is 59.4 Å². The van der Waals surface area contributed by atoms with Crippen molar-refractivity contribution >= 4 is 58.7 Å². The average Bonchev–Trinajstić information content (AvgIpc) is 3.73. The fourth-order valence-corrected chi connectivity index (χ4v) is 7.75. The standard InChI is InChI=1S/C36H54N8O10S/c1-17-10-27(47)18(2)38-33(51)26-12-22(46)14-44(26)35(53)25(15-55-28-11-21-8-6-7-9-23(21)40-28)42-34(52)29(20(4)45)43-31(49)19(3)39-32(50)24(41-30(17)48)13-36(5,54)16-37/h6-9,17-20,22,24-26,28-29,40,45-46,54H,10-16,37H2,1-5H3,(H,38,51)(H,39,50)(H,41,48)(H,42,52)(H,43,49)/t17-,18+,19+,20+,22?,24+,25-,26+,28-,29-,36-/m1/s1. The average molecular weight is 791 g/mol. The molecule has 55 heavy (non-hydrogen) atoms. The van der Waals surface area contributed by atoms with Gasteiger partial charge in [-0.3, -0.25) is 33.6 Å². The largest absolute Gasteiger partial charge is 0.391 e. The van der Waals surface area contributed by atoms with Crippen LogP contribution in [0.3, 0.4) is 0 Å². The van der Waals surface area contributed by atoms with E-state index in [4.69, 9.17) is 5.73 Å². The van der Waals surface area contributed by atoms with E-state index in [0.717, 1.165) is 16.2 Å². The summed E-state index contributed by atoms with van der Waals surface area (Å²) in [6, 6.07) is -0.305. The molecule has 11 N–H and O–H groups in total. The number of fused-ring (bicyclic) bond motifs is 2. The monoisotopic (exact) mass is 790 g/mol. The summed E-state index contributed by atoms with van der Waals surface area (Å²) >= 11 is 1.33. The Hall–Kier alpha value is -4.30. The van der Waals surface area contributed by atoms with Crippen LogP contribution >= 0.6 is 11.8 Å². The van der Waals surface area contributed by atoms with Crippen molar-refractivity contribution in [3.63, 3.8) is 0 Å². The van der Waals surface area contributed by atoms with Gasteiger partial charge >= 0.3 is 0 Å². The lowest BCUT2D eigenvalue weighted by molar-refractivity contribution is -0.142. The molecule has 4 rings (SSSR count). The lowest BCUT2D eigenvalue weighted by atomic mass is 9.94. The molecule has 0 saturated carbocycles. The molecule has 6 amide bonds. The Morgan fingerprint density at radius 3 is 2.16 bits per heavy atom. The zero-order valence-corrected chi connectivity index (χ0v) is 32.5. The summed E-state index contributed by atoms with van der Waals surface area (Å²) in [7, 11) is 0. The highest BCUT2D eigenvalue weighted by Crippen LogP contribution is 2.31. The molecule has 1 unspecified atom stereocenters. The molecule has 19 heteroatoms. The Bertz CT molecular complexity index is 1600. The van der Waals surface area contributed by atoms with Crippen molar-refractivity contribution in [2.75, 3.05) is 24.2 Å². The van der Waals surface area contributed by atoms with Crippen molar-refractivity contribution in [1.29, 1.82) is 0 Å². The van der Waals surface area contributed by atoms with Crippen LogP contribution in [0, 0.1) is 5.92 Å². The first-order chi connectivity index (χ1) is 25.8. The first-order valence-corrected chi connectivity index (χ1v) is 19.4. The lowest BCUT2D eigenvalue weighted by Gasteiger charge is -2.31. The number of benzene rings is 1. The molecule has 11 atom stereocenters. The highest BCUT2D eigenvalue weighted by Gasteiger charge is 2.43. The molecular formula is C36H54N8O10S. The van der Waals surface area contributed by atoms with Gasteiger partial charge < -0.3 is 57.9 Å². The minimum absolute atomic E-state index is 0.00807. The third-order valence-electron chi connectivity index (χ3n) is 10.0. The number of nitrogens with one attached hydrogen (secondary N) is 6. The number of hydrogen-bond donors (Lipinski definition) is 10. The van der Waals surface area contributed by atoms with Crippen molar-refractivity contribution in [1.82, 2.24) is 31.5 Å². The van der Waals surface area contributed by atoms with E-state index in [1.54, 1.807) is 0 Å². The zero-order valence-electron chi connectivity index (χ0n) is 31.7. The molecule has 18 nitrogen and oxygen atoms in total. The second-order valence-electron chi connectivity index (χ2n) is 15.0. The molecule has 0 radical (unpaired) electrons. The van der Waals surface area contributed by atoms with Gasteiger partial charge in [0, 0.05) is 56.1 Å². The van der Waals surface area contributed by atoms with Crippen LogP contribution in [-0.4, -0.2) is 140 Å². The maximum atomic E-state index is 14.3. The fraction of sp³-hybridized carbons (Fsp3) is 0.639. The molecule has 0 aromatic heterocycles. The molecule has 3 heterocycles. The molecule has 1 aromatic rings. The molecule has 304 valence electrons. The molecule has 0 spiro atoms. The second kappa shape index (κ2) is 18.6. The van der Waals surface area contributed by atoms with Gasteiger partial charge in [0.15, 0.2) is 5.78 Å². The number of hydrogen-bond acceptors (Lipinski definition) is 13. The van der Waals surface area contributed by atoms with Crippen molar-refractivity contribution in [3.8, 4) is 0 Å². The minimum Gasteiger partial charge on any atom is -0.391 e. The van der Waals surface area contributed by atoms with Gasteiger partial charge in [-0.2, -0.15) is 0 Å². The van der Waals surface area contributed by atoms with Crippen LogP contribution in [0.4, 0.5) is 5.69 Å². The van der Waals surface area contributed by atoms with E-state index in [1.807, 2.05) is 24.3 Å². The van der Waals surface area contributed by atoms with Crippen molar-refractivity contribution in [2.24, 2.45) is 11.7 Å². The first-order valence-electron chi connectivity index (χ1n) is 18.4. The van der Waals surface area contributed by atoms with Gasteiger partial charge in [0.1, 0.15) is 30.2 Å². The molecular weight excluding hydrogens is 737 g/mol. The van der Waals surface area contributed by atoms with E-state index in [1.165, 1.54) is 46.4 Å². The number of thioether (sulfide) groups is 1. The maximum Gasteiger partial charge on any atom is 0.246 e. The number of para-hydroxylation sites is 1. The molecule has 0 bridgehead atoms. The number of nitrogens with two attached hydrogens (primary N) is 1. The lowest BCUT2D eigenvalue weighted by Crippen LogP contribution is -2.61. The summed E-state index contributed by atoms with van der Waals surface area (Å²) in [5, 5.41) is 47.7. The van der Waals surface area contributed by atoms with Crippen LogP contribution in [0.15, 0.2) is 24.3 Å². The predicted molar refractivity (Wildman–Crippen MR) is 202 cm³/mol. The summed E-state index contributed by atoms with van der Waals surface area (Å²) in [5.74, 6) is -6.43. The number of aliphatic hydroxyl groups is 3. The first kappa shape index (κ1) is 43.4. The molecule has 1 aromatic carbocycles. The van der Waals surface area contributed by atoms with E-state index in [-0.39, 0.29) is 43.5 Å². The van der Waals surface area contributed by atoms with Gasteiger partial charge in [-0.15, -0.1) is 11.8 Å². The van der Waals surface area contributed by atoms with Gasteiger partial charge in [0.25, 0.3) is 0 Å². The Morgan fingerprint density at radius 1 is 0.855 bits per heavy atom. The Balaban J connectivity index is 1.66. The maximum absolute atomic E-state index is 14.3. The van der Waals surface area contributed by atoms with E-state index in [2.05, 4.69) is 31.9 Å². The highest BCUT2D eigenvalue weighted by molar-refractivity contribution is 8.00. The van der Waals surface area contributed by atoms with Crippen molar-refractivity contribution in [2.45, 2.75) is 120 Å². The quantitative estimate of drug-likeness (QED) is 0.134. The third kappa shape index (κ3) is 11.4. The Morgan fingerprint density at radius 2 is 1.51 bits per heavy atom.